The fourth-order valence-electron chi connectivity index (χ4n) is 6.41. The molecule has 2 aliphatic heterocycles. The fourth-order valence-corrected chi connectivity index (χ4v) is 6.41. The highest BCUT2D eigenvalue weighted by Crippen LogP contribution is 2.76. The van der Waals surface area contributed by atoms with Crippen molar-refractivity contribution in [3.8, 4) is 0 Å². The number of carbonyl (C=O) groups excluding carboxylic acids is 1. The molecule has 6 atom stereocenters. The number of cyclic esters (lactones) is 1. The summed E-state index contributed by atoms with van der Waals surface area (Å²) < 4.78 is 23.0. The molecule has 6 nitrogen and oxygen atoms in total. The maximum atomic E-state index is 12.8. The summed E-state index contributed by atoms with van der Waals surface area (Å²) in [7, 11) is 1.62. The van der Waals surface area contributed by atoms with Crippen LogP contribution in [0.1, 0.15) is 38.5 Å². The maximum absolute atomic E-state index is 12.8. The smallest absolute Gasteiger partial charge is 0.351 e. The van der Waals surface area contributed by atoms with E-state index in [1.54, 1.807) is 7.11 Å². The average Bonchev–Trinajstić information content (AvgIpc) is 2.78. The Balaban J connectivity index is 1.65. The van der Waals surface area contributed by atoms with Crippen molar-refractivity contribution in [2.24, 2.45) is 16.7 Å². The molecular formula is C18H24O6. The molecule has 1 N–H and O–H groups in total. The molecule has 0 radical (unpaired) electrons. The van der Waals surface area contributed by atoms with Gasteiger partial charge in [0, 0.05) is 18.9 Å². The highest BCUT2D eigenvalue weighted by atomic mass is 16.7. The Labute approximate surface area is 141 Å². The first-order chi connectivity index (χ1) is 11.6. The van der Waals surface area contributed by atoms with Gasteiger partial charge in [0.25, 0.3) is 0 Å². The van der Waals surface area contributed by atoms with Crippen molar-refractivity contribution in [1.29, 1.82) is 0 Å². The lowest BCUT2D eigenvalue weighted by Gasteiger charge is -2.62. The Hall–Kier alpha value is -1.11. The second-order valence-electron chi connectivity index (χ2n) is 8.04. The van der Waals surface area contributed by atoms with Crippen LogP contribution in [0.3, 0.4) is 0 Å². The lowest BCUT2D eigenvalue weighted by atomic mass is 9.41. The second-order valence-corrected chi connectivity index (χ2v) is 8.04. The minimum Gasteiger partial charge on any atom is -0.479 e. The number of methoxy groups -OCH3 is 1. The van der Waals surface area contributed by atoms with Gasteiger partial charge in [-0.1, -0.05) is 0 Å². The Morgan fingerprint density at radius 2 is 2.25 bits per heavy atom. The Morgan fingerprint density at radius 1 is 1.38 bits per heavy atom. The summed E-state index contributed by atoms with van der Waals surface area (Å²) in [5, 5.41) is 11.0. The van der Waals surface area contributed by atoms with Gasteiger partial charge in [-0.2, -0.15) is 0 Å². The molecule has 0 aromatic rings. The van der Waals surface area contributed by atoms with Crippen molar-refractivity contribution >= 4 is 5.97 Å². The van der Waals surface area contributed by atoms with E-state index in [1.807, 2.05) is 0 Å². The van der Waals surface area contributed by atoms with Crippen molar-refractivity contribution in [2.75, 3.05) is 20.5 Å². The van der Waals surface area contributed by atoms with Gasteiger partial charge in [0.15, 0.2) is 0 Å². The molecule has 2 heterocycles. The molecule has 0 aromatic heterocycles. The van der Waals surface area contributed by atoms with Crippen LogP contribution in [-0.4, -0.2) is 49.4 Å². The number of hydrogen-bond acceptors (Lipinski definition) is 6. The molecule has 6 rings (SSSR count). The van der Waals surface area contributed by atoms with Crippen molar-refractivity contribution < 1.29 is 28.8 Å². The minimum absolute atomic E-state index is 0.0478. The quantitative estimate of drug-likeness (QED) is 0.622. The first-order valence-electron chi connectivity index (χ1n) is 8.95. The number of aliphatic hydroxyl groups excluding tert-OH is 1. The van der Waals surface area contributed by atoms with E-state index in [0.717, 1.165) is 31.4 Å². The van der Waals surface area contributed by atoms with Crippen LogP contribution in [0.25, 0.3) is 0 Å². The highest BCUT2D eigenvalue weighted by Gasteiger charge is 2.83. The van der Waals surface area contributed by atoms with Crippen LogP contribution in [0, 0.1) is 16.7 Å². The summed E-state index contributed by atoms with van der Waals surface area (Å²) in [6, 6.07) is 0. The predicted molar refractivity (Wildman–Crippen MR) is 81.7 cm³/mol. The second kappa shape index (κ2) is 4.74. The molecule has 24 heavy (non-hydrogen) atoms. The first-order valence-corrected chi connectivity index (χ1v) is 8.95. The first kappa shape index (κ1) is 15.2. The van der Waals surface area contributed by atoms with Crippen LogP contribution in [0.2, 0.25) is 0 Å². The third-order valence-electron chi connectivity index (χ3n) is 7.42. The zero-order valence-corrected chi connectivity index (χ0v) is 14.0. The SMILES string of the molecule is COCOC1C[C@@]23CC[C@@H]1C[C@@]21OC2=CCC[C@H](O)[C@]23COC1=O. The normalized spacial score (nSPS) is 51.3. The number of ether oxygens (including phenoxy) is 4. The summed E-state index contributed by atoms with van der Waals surface area (Å²) in [6.07, 6.45) is 6.28. The molecule has 6 heteroatoms. The fraction of sp³-hybridized carbons (Fsp3) is 0.833. The van der Waals surface area contributed by atoms with Gasteiger partial charge >= 0.3 is 5.97 Å². The number of fused-ring (bicyclic) bond motifs is 2. The van der Waals surface area contributed by atoms with Gasteiger partial charge in [0.05, 0.1) is 17.6 Å². The van der Waals surface area contributed by atoms with E-state index in [0.29, 0.717) is 12.8 Å². The van der Waals surface area contributed by atoms with Crippen molar-refractivity contribution in [3.63, 3.8) is 0 Å². The zero-order chi connectivity index (χ0) is 16.6. The van der Waals surface area contributed by atoms with E-state index in [2.05, 4.69) is 6.08 Å². The van der Waals surface area contributed by atoms with Gasteiger partial charge < -0.3 is 24.1 Å². The predicted octanol–water partition coefficient (Wildman–Crippen LogP) is 1.52. The van der Waals surface area contributed by atoms with Crippen LogP contribution in [0.15, 0.2) is 11.8 Å². The van der Waals surface area contributed by atoms with Gasteiger partial charge in [0.1, 0.15) is 19.2 Å². The standard InChI is InChI=1S/C18H24O6/c1-21-10-23-12-8-16-6-5-11(12)7-18(16)15(20)22-9-17(16)13(19)3-2-4-14(17)24-18/h4,11-13,19H,2-3,5-10H2,1H3/t11-,12?,13+,16-,17-,18+/m1/s1. The topological polar surface area (TPSA) is 74.2 Å². The molecule has 4 bridgehead atoms. The van der Waals surface area contributed by atoms with Gasteiger partial charge in [-0.15, -0.1) is 0 Å². The summed E-state index contributed by atoms with van der Waals surface area (Å²) >= 11 is 0. The van der Waals surface area contributed by atoms with Gasteiger partial charge in [0.2, 0.25) is 5.60 Å². The van der Waals surface area contributed by atoms with Crippen LogP contribution in [0.5, 0.6) is 0 Å². The van der Waals surface area contributed by atoms with Crippen molar-refractivity contribution in [1.82, 2.24) is 0 Å². The largest absolute Gasteiger partial charge is 0.479 e. The minimum atomic E-state index is -0.932. The molecule has 0 aromatic carbocycles. The van der Waals surface area contributed by atoms with Crippen molar-refractivity contribution in [3.05, 3.63) is 11.8 Å². The van der Waals surface area contributed by atoms with E-state index in [9.17, 15) is 9.90 Å². The van der Waals surface area contributed by atoms with E-state index >= 15 is 0 Å². The number of hydrogen-bond donors (Lipinski definition) is 1. The molecule has 1 unspecified atom stereocenters. The van der Waals surface area contributed by atoms with Crippen LogP contribution in [-0.2, 0) is 23.7 Å². The maximum Gasteiger partial charge on any atom is 0.351 e. The summed E-state index contributed by atoms with van der Waals surface area (Å²) in [5.74, 6) is 0.813. The Kier molecular flexibility index (Phi) is 3.00. The molecule has 132 valence electrons. The average molecular weight is 336 g/mol. The lowest BCUT2D eigenvalue weighted by molar-refractivity contribution is -0.260. The molecule has 6 aliphatic rings. The number of aliphatic hydroxyl groups is 1. The summed E-state index contributed by atoms with van der Waals surface area (Å²) in [4.78, 5) is 12.8. The molecule has 4 aliphatic carbocycles. The molecule has 0 amide bonds. The monoisotopic (exact) mass is 336 g/mol. The van der Waals surface area contributed by atoms with Crippen LogP contribution < -0.4 is 0 Å². The van der Waals surface area contributed by atoms with Crippen molar-refractivity contribution in [2.45, 2.75) is 56.3 Å². The summed E-state index contributed by atoms with van der Waals surface area (Å²) in [6.45, 7) is 0.482. The lowest BCUT2D eigenvalue weighted by Crippen LogP contribution is -2.72. The van der Waals surface area contributed by atoms with E-state index in [1.165, 1.54) is 0 Å². The molecule has 3 saturated carbocycles. The highest BCUT2D eigenvalue weighted by molar-refractivity contribution is 5.84. The third kappa shape index (κ3) is 1.43. The summed E-state index contributed by atoms with van der Waals surface area (Å²) in [5.41, 5.74) is -1.95. The number of rotatable bonds is 3. The van der Waals surface area contributed by atoms with Crippen LogP contribution >= 0.6 is 0 Å². The number of esters is 1. The molecular weight excluding hydrogens is 312 g/mol. The van der Waals surface area contributed by atoms with E-state index in [4.69, 9.17) is 18.9 Å². The molecule has 2 spiro atoms. The molecule has 5 fully saturated rings. The van der Waals surface area contributed by atoms with Gasteiger partial charge in [-0.25, -0.2) is 4.79 Å². The van der Waals surface area contributed by atoms with Gasteiger partial charge in [-0.3, -0.25) is 0 Å². The molecule has 2 saturated heterocycles. The Bertz CT molecular complexity index is 617. The van der Waals surface area contributed by atoms with E-state index in [-0.39, 0.29) is 31.4 Å². The number of allylic oxidation sites excluding steroid dienone is 1. The zero-order valence-electron chi connectivity index (χ0n) is 14.0. The number of carbonyl (C=O) groups is 1. The Morgan fingerprint density at radius 3 is 3.08 bits per heavy atom. The van der Waals surface area contributed by atoms with E-state index < -0.39 is 22.5 Å². The van der Waals surface area contributed by atoms with Gasteiger partial charge in [-0.05, 0) is 44.1 Å². The van der Waals surface area contributed by atoms with Crippen LogP contribution in [0.4, 0.5) is 0 Å². The third-order valence-corrected chi connectivity index (χ3v) is 7.42.